The van der Waals surface area contributed by atoms with Crippen LogP contribution in [-0.4, -0.2) is 52.4 Å². The number of carbonyl (C=O) groups excluding carboxylic acids is 2. The van der Waals surface area contributed by atoms with Crippen molar-refractivity contribution >= 4 is 32.6 Å². The average molecular weight is 506 g/mol. The van der Waals surface area contributed by atoms with Crippen LogP contribution in [0, 0.1) is 0 Å². The van der Waals surface area contributed by atoms with E-state index in [2.05, 4.69) is 21.1 Å². The second kappa shape index (κ2) is 11.0. The second-order valence-corrected chi connectivity index (χ2v) is 8.12. The molecule has 1 heterocycles. The van der Waals surface area contributed by atoms with Crippen LogP contribution in [0.25, 0.3) is 0 Å². The van der Waals surface area contributed by atoms with Crippen LogP contribution >= 0.6 is 15.9 Å². The minimum absolute atomic E-state index is 0.0135. The first-order valence-electron chi connectivity index (χ1n) is 9.89. The zero-order chi connectivity index (χ0) is 23.1. The van der Waals surface area contributed by atoms with Gasteiger partial charge in [-0.1, -0.05) is 41.6 Å². The number of phenols is 1. The highest BCUT2D eigenvalue weighted by Gasteiger charge is 2.33. The highest BCUT2D eigenvalue weighted by atomic mass is 79.9. The Morgan fingerprint density at radius 3 is 2.69 bits per heavy atom. The van der Waals surface area contributed by atoms with E-state index < -0.39 is 24.1 Å². The third-order valence-electron chi connectivity index (χ3n) is 4.79. The number of oxime groups is 1. The summed E-state index contributed by atoms with van der Waals surface area (Å²) in [6, 6.07) is 12.8. The Kier molecular flexibility index (Phi) is 8.07. The summed E-state index contributed by atoms with van der Waals surface area (Å²) in [4.78, 5) is 32.1. The zero-order valence-corrected chi connectivity index (χ0v) is 19.0. The van der Waals surface area contributed by atoms with Gasteiger partial charge in [0.25, 0.3) is 0 Å². The van der Waals surface area contributed by atoms with E-state index in [1.54, 1.807) is 12.1 Å². The maximum atomic E-state index is 13.1. The number of halogens is 1. The Morgan fingerprint density at radius 1 is 1.28 bits per heavy atom. The number of nitrogens with two attached hydrogens (primary N) is 1. The lowest BCUT2D eigenvalue weighted by Crippen LogP contribution is -2.50. The number of imide groups is 1. The summed E-state index contributed by atoms with van der Waals surface area (Å²) in [6.45, 7) is -0.0444. The number of methoxy groups -OCH3 is 1. The molecule has 32 heavy (non-hydrogen) atoms. The number of carbonyl (C=O) groups is 2. The molecule has 0 spiro atoms. The van der Waals surface area contributed by atoms with E-state index in [0.29, 0.717) is 16.6 Å². The lowest BCUT2D eigenvalue weighted by Gasteiger charge is -2.25. The highest BCUT2D eigenvalue weighted by Crippen LogP contribution is 2.27. The topological polar surface area (TPSA) is 124 Å². The number of hydrogen-bond donors (Lipinski definition) is 2. The van der Waals surface area contributed by atoms with Gasteiger partial charge in [-0.05, 0) is 45.6 Å². The van der Waals surface area contributed by atoms with Crippen LogP contribution in [0.2, 0.25) is 0 Å². The molecule has 2 aromatic rings. The predicted octanol–water partition coefficient (Wildman–Crippen LogP) is 2.93. The van der Waals surface area contributed by atoms with Gasteiger partial charge in [0.2, 0.25) is 5.91 Å². The number of nitrogens with zero attached hydrogens (tertiary/aromatic N) is 2. The smallest absolute Gasteiger partial charge is 0.417 e. The molecule has 9 nitrogen and oxygen atoms in total. The molecule has 1 aliphatic rings. The van der Waals surface area contributed by atoms with Gasteiger partial charge >= 0.3 is 6.09 Å². The van der Waals surface area contributed by atoms with Crippen molar-refractivity contribution in [2.45, 2.75) is 31.6 Å². The van der Waals surface area contributed by atoms with Crippen LogP contribution in [0.1, 0.15) is 17.5 Å². The fourth-order valence-electron chi connectivity index (χ4n) is 3.14. The van der Waals surface area contributed by atoms with E-state index in [1.165, 1.54) is 13.2 Å². The number of phenolic OH excluding ortho intramolecular Hbond substituents is 1. The third kappa shape index (κ3) is 6.21. The molecule has 3 rings (SSSR count). The molecule has 0 aliphatic carbocycles. The van der Waals surface area contributed by atoms with Gasteiger partial charge in [0.1, 0.15) is 11.2 Å². The molecule has 2 amide bonds. The Balaban J connectivity index is 1.70. The molecule has 0 fully saturated rings. The molecule has 0 saturated carbocycles. The van der Waals surface area contributed by atoms with Gasteiger partial charge in [0, 0.05) is 6.42 Å². The van der Waals surface area contributed by atoms with Gasteiger partial charge < -0.3 is 25.2 Å². The first-order valence-corrected chi connectivity index (χ1v) is 10.7. The molecule has 3 N–H and O–H groups in total. The van der Waals surface area contributed by atoms with Crippen molar-refractivity contribution in [1.29, 1.82) is 0 Å². The summed E-state index contributed by atoms with van der Waals surface area (Å²) < 4.78 is 11.0. The molecule has 2 aromatic carbocycles. The average Bonchev–Trinajstić information content (AvgIpc) is 3.22. The van der Waals surface area contributed by atoms with Crippen LogP contribution in [0.5, 0.6) is 11.5 Å². The number of rotatable bonds is 8. The van der Waals surface area contributed by atoms with E-state index in [4.69, 9.17) is 20.0 Å². The molecular weight excluding hydrogens is 482 g/mol. The zero-order valence-electron chi connectivity index (χ0n) is 17.4. The molecule has 1 aliphatic heterocycles. The number of aromatic hydroxyl groups is 1. The van der Waals surface area contributed by atoms with Crippen molar-refractivity contribution in [3.8, 4) is 11.5 Å². The van der Waals surface area contributed by atoms with Crippen LogP contribution in [0.15, 0.2) is 53.7 Å². The SMILES string of the molecule is COc1cc(C[C@H](N)C(=O)N(CC2CC(Br)=NO2)C(=O)OCc2ccccc2)ccc1O. The minimum atomic E-state index is -1.03. The molecule has 170 valence electrons. The Hall–Kier alpha value is -3.11. The molecular formula is C22H24BrN3O6. The standard InChI is InChI=1S/C22H24BrN3O6/c1-30-19-10-15(7-8-18(19)27)9-17(24)21(28)26(12-16-11-20(23)25-32-16)22(29)31-13-14-5-3-2-4-6-14/h2-8,10,16-17,27H,9,11-13,24H2,1H3/t16?,17-/m0/s1. The van der Waals surface area contributed by atoms with Crippen LogP contribution in [0.3, 0.4) is 0 Å². The fraction of sp³-hybridized carbons (Fsp3) is 0.318. The molecule has 0 bridgehead atoms. The summed E-state index contributed by atoms with van der Waals surface area (Å²) in [5.74, 6) is -0.365. The van der Waals surface area contributed by atoms with Crippen molar-refractivity contribution in [2.24, 2.45) is 10.9 Å². The van der Waals surface area contributed by atoms with E-state index in [9.17, 15) is 14.7 Å². The van der Waals surface area contributed by atoms with Gasteiger partial charge in [-0.25, -0.2) is 9.69 Å². The van der Waals surface area contributed by atoms with Crippen molar-refractivity contribution in [3.05, 3.63) is 59.7 Å². The van der Waals surface area contributed by atoms with E-state index in [1.807, 2.05) is 30.3 Å². The summed E-state index contributed by atoms with van der Waals surface area (Å²) in [5, 5.41) is 13.5. The molecule has 1 unspecified atom stereocenters. The van der Waals surface area contributed by atoms with Gasteiger partial charge in [0.15, 0.2) is 17.6 Å². The van der Waals surface area contributed by atoms with Crippen molar-refractivity contribution in [1.82, 2.24) is 4.90 Å². The first kappa shape index (κ1) is 23.6. The minimum Gasteiger partial charge on any atom is -0.504 e. The van der Waals surface area contributed by atoms with Gasteiger partial charge in [0.05, 0.1) is 19.7 Å². The number of amides is 2. The summed E-state index contributed by atoms with van der Waals surface area (Å²) in [5.41, 5.74) is 7.60. The maximum Gasteiger partial charge on any atom is 0.417 e. The van der Waals surface area contributed by atoms with Crippen molar-refractivity contribution in [3.63, 3.8) is 0 Å². The third-order valence-corrected chi connectivity index (χ3v) is 5.26. The second-order valence-electron chi connectivity index (χ2n) is 7.20. The number of hydrogen-bond acceptors (Lipinski definition) is 8. The molecule has 10 heteroatoms. The van der Waals surface area contributed by atoms with Gasteiger partial charge in [-0.3, -0.25) is 4.79 Å². The predicted molar refractivity (Wildman–Crippen MR) is 121 cm³/mol. The molecule has 2 atom stereocenters. The number of benzene rings is 2. The monoisotopic (exact) mass is 505 g/mol. The quantitative estimate of drug-likeness (QED) is 0.564. The van der Waals surface area contributed by atoms with Crippen LogP contribution in [0.4, 0.5) is 4.79 Å². The Labute approximate surface area is 193 Å². The lowest BCUT2D eigenvalue weighted by atomic mass is 10.0. The highest BCUT2D eigenvalue weighted by molar-refractivity contribution is 9.18. The summed E-state index contributed by atoms with van der Waals surface area (Å²) in [7, 11) is 1.43. The van der Waals surface area contributed by atoms with Crippen LogP contribution < -0.4 is 10.5 Å². The van der Waals surface area contributed by atoms with E-state index in [-0.39, 0.29) is 31.1 Å². The summed E-state index contributed by atoms with van der Waals surface area (Å²) >= 11 is 3.24. The maximum absolute atomic E-state index is 13.1. The van der Waals surface area contributed by atoms with Gasteiger partial charge in [-0.15, -0.1) is 0 Å². The van der Waals surface area contributed by atoms with Gasteiger partial charge in [-0.2, -0.15) is 0 Å². The summed E-state index contributed by atoms with van der Waals surface area (Å²) in [6.07, 6.45) is -0.771. The van der Waals surface area contributed by atoms with E-state index in [0.717, 1.165) is 10.5 Å². The molecule has 0 radical (unpaired) electrons. The molecule has 0 saturated heterocycles. The lowest BCUT2D eigenvalue weighted by molar-refractivity contribution is -0.132. The fourth-order valence-corrected chi connectivity index (χ4v) is 3.58. The van der Waals surface area contributed by atoms with Crippen LogP contribution in [-0.2, 0) is 27.4 Å². The number of ether oxygens (including phenoxy) is 2. The Morgan fingerprint density at radius 2 is 2.03 bits per heavy atom. The van der Waals surface area contributed by atoms with E-state index >= 15 is 0 Å². The molecule has 0 aromatic heterocycles. The largest absolute Gasteiger partial charge is 0.504 e. The van der Waals surface area contributed by atoms with Crippen molar-refractivity contribution < 1.29 is 29.0 Å². The Bertz CT molecular complexity index is 985. The first-order chi connectivity index (χ1) is 15.4. The normalized spacial score (nSPS) is 16.0. The van der Waals surface area contributed by atoms with Crippen molar-refractivity contribution in [2.75, 3.05) is 13.7 Å².